The normalized spacial score (nSPS) is 17.4. The quantitative estimate of drug-likeness (QED) is 0.758. The van der Waals surface area contributed by atoms with E-state index in [1.54, 1.807) is 12.1 Å². The molecule has 1 unspecified atom stereocenters. The van der Waals surface area contributed by atoms with Gasteiger partial charge in [-0.15, -0.1) is 0 Å². The predicted molar refractivity (Wildman–Crippen MR) is 99.3 cm³/mol. The Morgan fingerprint density at radius 2 is 2.04 bits per heavy atom. The number of carbonyl (C=O) groups is 1. The van der Waals surface area contributed by atoms with Gasteiger partial charge in [0.25, 0.3) is 0 Å². The number of amides is 1. The number of rotatable bonds is 4. The zero-order valence-corrected chi connectivity index (χ0v) is 14.4. The molecular formula is C20H21FN4O. The number of carbonyl (C=O) groups excluding carboxylic acids is 1. The van der Waals surface area contributed by atoms with E-state index in [9.17, 15) is 9.18 Å². The molecule has 2 heterocycles. The highest BCUT2D eigenvalue weighted by Crippen LogP contribution is 2.23. The molecule has 1 fully saturated rings. The van der Waals surface area contributed by atoms with Crippen molar-refractivity contribution in [1.82, 2.24) is 15.3 Å². The Kier molecular flexibility index (Phi) is 4.56. The first-order valence-electron chi connectivity index (χ1n) is 8.91. The van der Waals surface area contributed by atoms with Gasteiger partial charge in [0.1, 0.15) is 5.82 Å². The van der Waals surface area contributed by atoms with E-state index in [1.807, 2.05) is 24.3 Å². The molecule has 0 bridgehead atoms. The molecule has 6 heteroatoms. The highest BCUT2D eigenvalue weighted by Gasteiger charge is 2.27. The average Bonchev–Trinajstić information content (AvgIpc) is 3.12. The van der Waals surface area contributed by atoms with Crippen LogP contribution >= 0.6 is 0 Å². The number of nitrogens with zero attached hydrogens (tertiary/aromatic N) is 2. The van der Waals surface area contributed by atoms with Crippen LogP contribution in [-0.2, 0) is 11.3 Å². The summed E-state index contributed by atoms with van der Waals surface area (Å²) in [5.74, 6) is 0.517. The number of imidazole rings is 1. The molecule has 0 saturated carbocycles. The van der Waals surface area contributed by atoms with Gasteiger partial charge < -0.3 is 15.2 Å². The van der Waals surface area contributed by atoms with Crippen molar-refractivity contribution in [3.8, 4) is 0 Å². The summed E-state index contributed by atoms with van der Waals surface area (Å²) < 4.78 is 13.0. The molecule has 5 nitrogen and oxygen atoms in total. The van der Waals surface area contributed by atoms with Crippen LogP contribution in [0.4, 0.5) is 10.3 Å². The van der Waals surface area contributed by atoms with Gasteiger partial charge in [0.15, 0.2) is 0 Å². The number of aromatic nitrogens is 2. The molecule has 1 saturated heterocycles. The van der Waals surface area contributed by atoms with E-state index in [0.29, 0.717) is 13.1 Å². The second-order valence-electron chi connectivity index (χ2n) is 6.71. The lowest BCUT2D eigenvalue weighted by molar-refractivity contribution is -0.125. The molecule has 26 heavy (non-hydrogen) atoms. The van der Waals surface area contributed by atoms with Gasteiger partial charge in [0.05, 0.1) is 17.0 Å². The molecule has 1 atom stereocenters. The van der Waals surface area contributed by atoms with E-state index >= 15 is 0 Å². The van der Waals surface area contributed by atoms with Crippen LogP contribution in [0.1, 0.15) is 18.4 Å². The minimum Gasteiger partial charge on any atom is -0.352 e. The Balaban J connectivity index is 1.39. The second kappa shape index (κ2) is 7.15. The van der Waals surface area contributed by atoms with E-state index < -0.39 is 0 Å². The van der Waals surface area contributed by atoms with E-state index in [0.717, 1.165) is 41.9 Å². The number of benzene rings is 2. The molecule has 4 rings (SSSR count). The van der Waals surface area contributed by atoms with Crippen LogP contribution in [-0.4, -0.2) is 29.0 Å². The van der Waals surface area contributed by atoms with Crippen molar-refractivity contribution in [1.29, 1.82) is 0 Å². The molecule has 1 aliphatic rings. The van der Waals surface area contributed by atoms with Gasteiger partial charge in [-0.1, -0.05) is 24.3 Å². The highest BCUT2D eigenvalue weighted by molar-refractivity contribution is 5.80. The number of piperidine rings is 1. The van der Waals surface area contributed by atoms with Crippen LogP contribution in [0.15, 0.2) is 48.5 Å². The number of H-pyrrole nitrogens is 1. The topological polar surface area (TPSA) is 61.0 Å². The summed E-state index contributed by atoms with van der Waals surface area (Å²) in [7, 11) is 0. The summed E-state index contributed by atoms with van der Waals surface area (Å²) in [6, 6.07) is 14.1. The zero-order chi connectivity index (χ0) is 17.9. The van der Waals surface area contributed by atoms with Gasteiger partial charge in [-0.25, -0.2) is 9.37 Å². The largest absolute Gasteiger partial charge is 0.352 e. The number of aromatic amines is 1. The third kappa shape index (κ3) is 3.54. The third-order valence-electron chi connectivity index (χ3n) is 4.85. The van der Waals surface area contributed by atoms with Crippen molar-refractivity contribution in [2.75, 3.05) is 18.0 Å². The van der Waals surface area contributed by atoms with Crippen LogP contribution in [0.5, 0.6) is 0 Å². The Bertz CT molecular complexity index is 873. The van der Waals surface area contributed by atoms with E-state index in [2.05, 4.69) is 20.2 Å². The van der Waals surface area contributed by atoms with Crippen LogP contribution in [0, 0.1) is 11.7 Å². The van der Waals surface area contributed by atoms with Crippen molar-refractivity contribution in [3.05, 3.63) is 59.9 Å². The monoisotopic (exact) mass is 352 g/mol. The SMILES string of the molecule is O=C(NCc1ccc(F)cc1)C1CCCN(c2nc3ccccc3[nH]2)C1. The van der Waals surface area contributed by atoms with Crippen LogP contribution < -0.4 is 10.2 Å². The molecule has 134 valence electrons. The lowest BCUT2D eigenvalue weighted by Crippen LogP contribution is -2.43. The molecule has 2 N–H and O–H groups in total. The number of halogens is 1. The number of anilines is 1. The van der Waals surface area contributed by atoms with Crippen LogP contribution in [0.3, 0.4) is 0 Å². The van der Waals surface area contributed by atoms with E-state index in [1.165, 1.54) is 12.1 Å². The van der Waals surface area contributed by atoms with Gasteiger partial charge in [-0.2, -0.15) is 0 Å². The molecule has 3 aromatic rings. The number of fused-ring (bicyclic) bond motifs is 1. The molecule has 1 amide bonds. The van der Waals surface area contributed by atoms with E-state index in [4.69, 9.17) is 0 Å². The van der Waals surface area contributed by atoms with Crippen molar-refractivity contribution < 1.29 is 9.18 Å². The Morgan fingerprint density at radius 1 is 1.23 bits per heavy atom. The molecule has 2 aromatic carbocycles. The maximum absolute atomic E-state index is 13.0. The second-order valence-corrected chi connectivity index (χ2v) is 6.71. The summed E-state index contributed by atoms with van der Waals surface area (Å²) in [6.07, 6.45) is 1.82. The fraction of sp³-hybridized carbons (Fsp3) is 0.300. The Morgan fingerprint density at radius 3 is 2.85 bits per heavy atom. The Hall–Kier alpha value is -2.89. The minimum absolute atomic E-state index is 0.0372. The van der Waals surface area contributed by atoms with Gasteiger partial charge in [-0.3, -0.25) is 4.79 Å². The average molecular weight is 352 g/mol. The lowest BCUT2D eigenvalue weighted by Gasteiger charge is -2.31. The van der Waals surface area contributed by atoms with Crippen molar-refractivity contribution in [2.24, 2.45) is 5.92 Å². The Labute approximate surface area is 151 Å². The molecule has 0 spiro atoms. The maximum Gasteiger partial charge on any atom is 0.225 e. The zero-order valence-electron chi connectivity index (χ0n) is 14.4. The first-order chi connectivity index (χ1) is 12.7. The maximum atomic E-state index is 13.0. The fourth-order valence-corrected chi connectivity index (χ4v) is 3.41. The number of para-hydroxylation sites is 2. The molecule has 1 aromatic heterocycles. The molecular weight excluding hydrogens is 331 g/mol. The summed E-state index contributed by atoms with van der Waals surface area (Å²) >= 11 is 0. The van der Waals surface area contributed by atoms with Gasteiger partial charge in [0.2, 0.25) is 11.9 Å². The number of nitrogens with one attached hydrogen (secondary N) is 2. The third-order valence-corrected chi connectivity index (χ3v) is 4.85. The van der Waals surface area contributed by atoms with Gasteiger partial charge in [-0.05, 0) is 42.7 Å². The predicted octanol–water partition coefficient (Wildman–Crippen LogP) is 3.23. The fourth-order valence-electron chi connectivity index (χ4n) is 3.41. The van der Waals surface area contributed by atoms with E-state index in [-0.39, 0.29) is 17.6 Å². The highest BCUT2D eigenvalue weighted by atomic mass is 19.1. The standard InChI is InChI=1S/C20H21FN4O/c21-16-9-7-14(8-10-16)12-22-19(26)15-4-3-11-25(13-15)20-23-17-5-1-2-6-18(17)24-20/h1-2,5-10,15H,3-4,11-13H2,(H,22,26)(H,23,24). The summed E-state index contributed by atoms with van der Waals surface area (Å²) in [5.41, 5.74) is 2.83. The van der Waals surface area contributed by atoms with Crippen LogP contribution in [0.25, 0.3) is 11.0 Å². The summed E-state index contributed by atoms with van der Waals surface area (Å²) in [4.78, 5) is 22.7. The van der Waals surface area contributed by atoms with Gasteiger partial charge >= 0.3 is 0 Å². The molecule has 0 aliphatic carbocycles. The molecule has 0 radical (unpaired) electrons. The first kappa shape index (κ1) is 16.6. The number of hydrogen-bond acceptors (Lipinski definition) is 3. The molecule has 1 aliphatic heterocycles. The lowest BCUT2D eigenvalue weighted by atomic mass is 9.97. The summed E-state index contributed by atoms with van der Waals surface area (Å²) in [6.45, 7) is 1.96. The van der Waals surface area contributed by atoms with Crippen molar-refractivity contribution in [2.45, 2.75) is 19.4 Å². The number of hydrogen-bond donors (Lipinski definition) is 2. The van der Waals surface area contributed by atoms with Crippen LogP contribution in [0.2, 0.25) is 0 Å². The smallest absolute Gasteiger partial charge is 0.225 e. The van der Waals surface area contributed by atoms with Crippen molar-refractivity contribution >= 4 is 22.9 Å². The minimum atomic E-state index is -0.270. The van der Waals surface area contributed by atoms with Crippen molar-refractivity contribution in [3.63, 3.8) is 0 Å². The first-order valence-corrected chi connectivity index (χ1v) is 8.91. The summed E-state index contributed by atoms with van der Waals surface area (Å²) in [5, 5.41) is 2.97. The van der Waals surface area contributed by atoms with Gasteiger partial charge in [0, 0.05) is 19.6 Å².